The first kappa shape index (κ1) is 13.7. The molecule has 0 heterocycles. The lowest BCUT2D eigenvalue weighted by molar-refractivity contribution is 0.255. The molecule has 0 atom stereocenters. The van der Waals surface area contributed by atoms with Gasteiger partial charge in [-0.25, -0.2) is 4.79 Å². The van der Waals surface area contributed by atoms with E-state index in [2.05, 4.69) is 10.6 Å². The van der Waals surface area contributed by atoms with Gasteiger partial charge in [-0.2, -0.15) is 0 Å². The fourth-order valence-corrected chi connectivity index (χ4v) is 1.79. The Morgan fingerprint density at radius 3 is 2.84 bits per heavy atom. The van der Waals surface area contributed by atoms with Gasteiger partial charge in [0, 0.05) is 17.3 Å². The first-order chi connectivity index (χ1) is 9.10. The second-order valence-corrected chi connectivity index (χ2v) is 5.00. The molecule has 4 nitrogen and oxygen atoms in total. The first-order valence-electron chi connectivity index (χ1n) is 6.18. The van der Waals surface area contributed by atoms with Crippen LogP contribution in [-0.2, 0) is 0 Å². The zero-order valence-corrected chi connectivity index (χ0v) is 11.8. The molecule has 1 aromatic carbocycles. The van der Waals surface area contributed by atoms with E-state index < -0.39 is 0 Å². The molecule has 0 unspecified atom stereocenters. The smallest absolute Gasteiger partial charge is 0.323 e. The number of hydrogen-bond acceptors (Lipinski definition) is 2. The molecule has 0 radical (unpaired) electrons. The van der Waals surface area contributed by atoms with Crippen molar-refractivity contribution in [3.05, 3.63) is 35.0 Å². The molecule has 102 valence electrons. The van der Waals surface area contributed by atoms with Gasteiger partial charge in [0.25, 0.3) is 0 Å². The van der Waals surface area contributed by atoms with Crippen LogP contribution >= 0.6 is 11.6 Å². The van der Waals surface area contributed by atoms with E-state index in [1.54, 1.807) is 18.3 Å². The Morgan fingerprint density at radius 2 is 2.21 bits per heavy atom. The lowest BCUT2D eigenvalue weighted by Crippen LogP contribution is -2.24. The number of hydrogen-bond donors (Lipinski definition) is 2. The highest BCUT2D eigenvalue weighted by Gasteiger charge is 2.17. The molecule has 19 heavy (non-hydrogen) atoms. The van der Waals surface area contributed by atoms with Crippen molar-refractivity contribution in [2.75, 3.05) is 12.4 Å². The van der Waals surface area contributed by atoms with Crippen molar-refractivity contribution in [1.29, 1.82) is 0 Å². The molecule has 2 amide bonds. The average Bonchev–Trinajstić information content (AvgIpc) is 3.17. The Bertz CT molecular complexity index is 510. The number of carbonyl (C=O) groups is 1. The van der Waals surface area contributed by atoms with Crippen LogP contribution in [0.1, 0.15) is 18.4 Å². The van der Waals surface area contributed by atoms with Crippen LogP contribution in [0.25, 0.3) is 0 Å². The number of halogens is 1. The van der Waals surface area contributed by atoms with Crippen molar-refractivity contribution < 1.29 is 9.53 Å². The Kier molecular flexibility index (Phi) is 4.32. The van der Waals surface area contributed by atoms with Crippen molar-refractivity contribution >= 4 is 23.3 Å². The Morgan fingerprint density at radius 1 is 1.47 bits per heavy atom. The summed E-state index contributed by atoms with van der Waals surface area (Å²) in [7, 11) is 1.54. The molecule has 5 heteroatoms. The molecule has 1 aromatic rings. The zero-order valence-electron chi connectivity index (χ0n) is 11.0. The maximum atomic E-state index is 11.7. The van der Waals surface area contributed by atoms with Crippen molar-refractivity contribution in [3.8, 4) is 5.75 Å². The topological polar surface area (TPSA) is 50.4 Å². The largest absolute Gasteiger partial charge is 0.495 e. The summed E-state index contributed by atoms with van der Waals surface area (Å²) >= 11 is 6.01. The van der Waals surface area contributed by atoms with E-state index in [0.29, 0.717) is 22.4 Å². The highest BCUT2D eigenvalue weighted by Crippen LogP contribution is 2.31. The summed E-state index contributed by atoms with van der Waals surface area (Å²) in [6.45, 7) is 1.87. The van der Waals surface area contributed by atoms with Gasteiger partial charge >= 0.3 is 6.03 Å². The van der Waals surface area contributed by atoms with Crippen LogP contribution in [0.5, 0.6) is 5.75 Å². The molecule has 1 aliphatic rings. The third-order valence-corrected chi connectivity index (χ3v) is 3.34. The zero-order chi connectivity index (χ0) is 13.8. The minimum absolute atomic E-state index is 0.295. The van der Waals surface area contributed by atoms with Gasteiger partial charge in [0.15, 0.2) is 0 Å². The van der Waals surface area contributed by atoms with Crippen LogP contribution in [0.15, 0.2) is 24.4 Å². The summed E-state index contributed by atoms with van der Waals surface area (Å²) in [6.07, 6.45) is 6.11. The molecule has 1 saturated carbocycles. The van der Waals surface area contributed by atoms with E-state index in [9.17, 15) is 4.79 Å². The SMILES string of the molecule is COc1cc(Cl)c(C)cc1NC(=O)N/C=C/C1CC1. The van der Waals surface area contributed by atoms with Gasteiger partial charge in [0.2, 0.25) is 0 Å². The fourth-order valence-electron chi connectivity index (χ4n) is 1.64. The van der Waals surface area contributed by atoms with E-state index in [4.69, 9.17) is 16.3 Å². The highest BCUT2D eigenvalue weighted by molar-refractivity contribution is 6.31. The maximum Gasteiger partial charge on any atom is 0.323 e. The summed E-state index contributed by atoms with van der Waals surface area (Å²) in [5.74, 6) is 1.17. The number of rotatable bonds is 4. The summed E-state index contributed by atoms with van der Waals surface area (Å²) < 4.78 is 5.19. The summed E-state index contributed by atoms with van der Waals surface area (Å²) in [6, 6.07) is 3.18. The maximum absolute atomic E-state index is 11.7. The molecule has 0 spiro atoms. The molecule has 0 bridgehead atoms. The number of anilines is 1. The summed E-state index contributed by atoms with van der Waals surface area (Å²) in [5.41, 5.74) is 1.48. The van der Waals surface area contributed by atoms with Gasteiger partial charge in [0.05, 0.1) is 12.8 Å². The number of urea groups is 1. The van der Waals surface area contributed by atoms with Gasteiger partial charge in [0.1, 0.15) is 5.75 Å². The third-order valence-electron chi connectivity index (χ3n) is 2.93. The number of allylic oxidation sites excluding steroid dienone is 1. The molecule has 2 rings (SSSR count). The molecule has 2 N–H and O–H groups in total. The molecule has 1 aliphatic carbocycles. The van der Waals surface area contributed by atoms with E-state index >= 15 is 0 Å². The van der Waals surface area contributed by atoms with Crippen LogP contribution in [-0.4, -0.2) is 13.1 Å². The van der Waals surface area contributed by atoms with Crippen molar-refractivity contribution in [2.24, 2.45) is 5.92 Å². The van der Waals surface area contributed by atoms with Gasteiger partial charge in [-0.05, 0) is 37.3 Å². The summed E-state index contributed by atoms with van der Waals surface area (Å²) in [4.78, 5) is 11.7. The predicted molar refractivity (Wildman–Crippen MR) is 76.8 cm³/mol. The average molecular weight is 281 g/mol. The number of ether oxygens (including phenoxy) is 1. The molecule has 0 aliphatic heterocycles. The number of amides is 2. The lowest BCUT2D eigenvalue weighted by atomic mass is 10.2. The first-order valence-corrected chi connectivity index (χ1v) is 6.56. The Labute approximate surface area is 117 Å². The minimum atomic E-state index is -0.295. The van der Waals surface area contributed by atoms with Gasteiger partial charge in [-0.15, -0.1) is 0 Å². The second kappa shape index (κ2) is 5.97. The lowest BCUT2D eigenvalue weighted by Gasteiger charge is -2.11. The monoisotopic (exact) mass is 280 g/mol. The number of carbonyl (C=O) groups excluding carboxylic acids is 1. The van der Waals surface area contributed by atoms with E-state index in [0.717, 1.165) is 5.56 Å². The van der Waals surface area contributed by atoms with Gasteiger partial charge in [-0.3, -0.25) is 0 Å². The highest BCUT2D eigenvalue weighted by atomic mass is 35.5. The second-order valence-electron chi connectivity index (χ2n) is 4.60. The molecule has 0 saturated heterocycles. The van der Waals surface area contributed by atoms with Crippen molar-refractivity contribution in [3.63, 3.8) is 0 Å². The van der Waals surface area contributed by atoms with Crippen LogP contribution in [0.2, 0.25) is 5.02 Å². The van der Waals surface area contributed by atoms with Gasteiger partial charge in [-0.1, -0.05) is 17.7 Å². The molecular weight excluding hydrogens is 264 g/mol. The normalized spacial score (nSPS) is 14.5. The third kappa shape index (κ3) is 3.89. The number of aryl methyl sites for hydroxylation is 1. The van der Waals surface area contributed by atoms with Crippen LogP contribution < -0.4 is 15.4 Å². The predicted octanol–water partition coefficient (Wildman–Crippen LogP) is 3.70. The molecule has 1 fully saturated rings. The van der Waals surface area contributed by atoms with Gasteiger partial charge < -0.3 is 15.4 Å². The number of benzene rings is 1. The molecular formula is C14H17ClN2O2. The molecule has 0 aromatic heterocycles. The fraction of sp³-hybridized carbons (Fsp3) is 0.357. The quantitative estimate of drug-likeness (QED) is 0.883. The Balaban J connectivity index is 2.00. The Hall–Kier alpha value is -1.68. The van der Waals surface area contributed by atoms with E-state index in [1.807, 2.05) is 13.0 Å². The standard InChI is InChI=1S/C14H17ClN2O2/c1-9-7-12(13(19-2)8-11(9)15)17-14(18)16-6-5-10-3-4-10/h5-8,10H,3-4H2,1-2H3,(H2,16,17,18)/b6-5+. The van der Waals surface area contributed by atoms with E-state index in [-0.39, 0.29) is 6.03 Å². The van der Waals surface area contributed by atoms with Crippen LogP contribution in [0.4, 0.5) is 10.5 Å². The minimum Gasteiger partial charge on any atom is -0.495 e. The van der Waals surface area contributed by atoms with Crippen LogP contribution in [0, 0.1) is 12.8 Å². The van der Waals surface area contributed by atoms with Crippen molar-refractivity contribution in [2.45, 2.75) is 19.8 Å². The van der Waals surface area contributed by atoms with E-state index in [1.165, 1.54) is 20.0 Å². The number of methoxy groups -OCH3 is 1. The number of nitrogens with one attached hydrogen (secondary N) is 2. The van der Waals surface area contributed by atoms with Crippen molar-refractivity contribution in [1.82, 2.24) is 5.32 Å². The van der Waals surface area contributed by atoms with Crippen LogP contribution in [0.3, 0.4) is 0 Å². The summed E-state index contributed by atoms with van der Waals surface area (Å²) in [5, 5.41) is 6.02.